The number of anilines is 1. The summed E-state index contributed by atoms with van der Waals surface area (Å²) in [6, 6.07) is 5.16. The Morgan fingerprint density at radius 2 is 2.19 bits per heavy atom. The lowest BCUT2D eigenvalue weighted by Gasteiger charge is -2.20. The number of nitrogen functional groups attached to an aromatic ring is 1. The number of nitrogens with two attached hydrogens (primary N) is 1. The van der Waals surface area contributed by atoms with E-state index in [0.29, 0.717) is 27.5 Å². The highest BCUT2D eigenvalue weighted by Crippen LogP contribution is 2.35. The molecular weight excluding hydrogens is 289 g/mol. The smallest absolute Gasteiger partial charge is 0.263 e. The number of fused-ring (bicyclic) bond motifs is 1. The first kappa shape index (κ1) is 15.7. The molecule has 1 aromatic carbocycles. The van der Waals surface area contributed by atoms with Crippen molar-refractivity contribution >= 4 is 33.0 Å². The maximum absolute atomic E-state index is 13.8. The molecule has 3 N–H and O–H groups in total. The second-order valence-corrected chi connectivity index (χ2v) is 6.34. The molecule has 6 heteroatoms. The van der Waals surface area contributed by atoms with E-state index in [1.54, 1.807) is 12.1 Å². The van der Waals surface area contributed by atoms with Crippen LogP contribution in [0.25, 0.3) is 10.1 Å². The first-order chi connectivity index (χ1) is 9.91. The Labute approximate surface area is 127 Å². The topological polar surface area (TPSA) is 58.4 Å². The van der Waals surface area contributed by atoms with E-state index in [-0.39, 0.29) is 17.4 Å². The third-order valence-electron chi connectivity index (χ3n) is 3.54. The highest BCUT2D eigenvalue weighted by atomic mass is 32.1. The van der Waals surface area contributed by atoms with E-state index in [4.69, 9.17) is 5.73 Å². The molecule has 114 valence electrons. The Kier molecular flexibility index (Phi) is 4.80. The predicted octanol–water partition coefficient (Wildman–Crippen LogP) is 2.69. The van der Waals surface area contributed by atoms with Gasteiger partial charge in [-0.05, 0) is 33.0 Å². The number of likely N-dealkylation sites (N-methyl/N-ethyl adjacent to an activating group) is 1. The molecule has 0 spiro atoms. The highest BCUT2D eigenvalue weighted by Gasteiger charge is 2.18. The lowest BCUT2D eigenvalue weighted by atomic mass is 10.2. The van der Waals surface area contributed by atoms with Crippen molar-refractivity contribution in [3.8, 4) is 0 Å². The van der Waals surface area contributed by atoms with E-state index in [2.05, 4.69) is 24.1 Å². The van der Waals surface area contributed by atoms with E-state index in [9.17, 15) is 9.18 Å². The molecule has 0 aliphatic carbocycles. The molecule has 21 heavy (non-hydrogen) atoms. The second-order valence-electron chi connectivity index (χ2n) is 5.29. The van der Waals surface area contributed by atoms with Gasteiger partial charge in [0, 0.05) is 23.8 Å². The van der Waals surface area contributed by atoms with Gasteiger partial charge in [-0.15, -0.1) is 11.3 Å². The summed E-state index contributed by atoms with van der Waals surface area (Å²) in [6.07, 6.45) is 0. The summed E-state index contributed by atoms with van der Waals surface area (Å²) < 4.78 is 14.5. The van der Waals surface area contributed by atoms with Gasteiger partial charge >= 0.3 is 0 Å². The van der Waals surface area contributed by atoms with Crippen molar-refractivity contribution in [2.24, 2.45) is 0 Å². The predicted molar refractivity (Wildman–Crippen MR) is 86.3 cm³/mol. The van der Waals surface area contributed by atoms with Crippen LogP contribution >= 0.6 is 11.3 Å². The fraction of sp³-hybridized carbons (Fsp3) is 0.400. The molecule has 4 nitrogen and oxygen atoms in total. The molecule has 0 fully saturated rings. The van der Waals surface area contributed by atoms with Crippen molar-refractivity contribution in [1.29, 1.82) is 0 Å². The summed E-state index contributed by atoms with van der Waals surface area (Å²) in [7, 11) is 2.00. The van der Waals surface area contributed by atoms with Crippen LogP contribution in [0.1, 0.15) is 23.5 Å². The summed E-state index contributed by atoms with van der Waals surface area (Å²) in [6.45, 7) is 5.47. The number of rotatable bonds is 5. The van der Waals surface area contributed by atoms with E-state index in [1.807, 2.05) is 7.05 Å². The molecule has 2 rings (SSSR count). The van der Waals surface area contributed by atoms with Gasteiger partial charge in [-0.1, -0.05) is 6.07 Å². The summed E-state index contributed by atoms with van der Waals surface area (Å²) in [5.41, 5.74) is 6.14. The molecule has 1 amide bonds. The van der Waals surface area contributed by atoms with Crippen LogP contribution in [0.2, 0.25) is 0 Å². The van der Waals surface area contributed by atoms with E-state index < -0.39 is 0 Å². The average Bonchev–Trinajstić information content (AvgIpc) is 2.77. The molecule has 0 aliphatic heterocycles. The van der Waals surface area contributed by atoms with Crippen molar-refractivity contribution in [2.75, 3.05) is 25.9 Å². The molecule has 0 saturated carbocycles. The minimum absolute atomic E-state index is 0.225. The minimum Gasteiger partial charge on any atom is -0.397 e. The van der Waals surface area contributed by atoms with E-state index in [1.165, 1.54) is 17.4 Å². The number of hydrogen-bond acceptors (Lipinski definition) is 4. The van der Waals surface area contributed by atoms with Gasteiger partial charge < -0.3 is 16.0 Å². The van der Waals surface area contributed by atoms with Gasteiger partial charge in [-0.2, -0.15) is 0 Å². The van der Waals surface area contributed by atoms with Gasteiger partial charge in [-0.25, -0.2) is 4.39 Å². The summed E-state index contributed by atoms with van der Waals surface area (Å²) in [5.74, 6) is -0.634. The Bertz CT molecular complexity index is 654. The number of halogens is 1. The van der Waals surface area contributed by atoms with Crippen LogP contribution < -0.4 is 11.1 Å². The zero-order chi connectivity index (χ0) is 15.6. The zero-order valence-corrected chi connectivity index (χ0v) is 13.3. The molecule has 0 radical (unpaired) electrons. The number of benzene rings is 1. The van der Waals surface area contributed by atoms with Crippen LogP contribution in [0.15, 0.2) is 18.2 Å². The SMILES string of the molecule is CC(C)N(C)CCNC(=O)c1sc2cccc(F)c2c1N. The van der Waals surface area contributed by atoms with Gasteiger partial charge in [0.25, 0.3) is 5.91 Å². The molecule has 0 atom stereocenters. The number of nitrogens with zero attached hydrogens (tertiary/aromatic N) is 1. The maximum Gasteiger partial charge on any atom is 0.263 e. The van der Waals surface area contributed by atoms with Crippen LogP contribution in [0.3, 0.4) is 0 Å². The van der Waals surface area contributed by atoms with Gasteiger partial charge in [0.05, 0.1) is 11.1 Å². The van der Waals surface area contributed by atoms with Crippen molar-refractivity contribution in [1.82, 2.24) is 10.2 Å². The quantitative estimate of drug-likeness (QED) is 0.893. The van der Waals surface area contributed by atoms with Crippen molar-refractivity contribution in [2.45, 2.75) is 19.9 Å². The lowest BCUT2D eigenvalue weighted by molar-refractivity contribution is 0.0953. The van der Waals surface area contributed by atoms with Crippen molar-refractivity contribution < 1.29 is 9.18 Å². The number of amides is 1. The van der Waals surface area contributed by atoms with E-state index in [0.717, 1.165) is 6.54 Å². The number of carbonyl (C=O) groups excluding carboxylic acids is 1. The van der Waals surface area contributed by atoms with Crippen molar-refractivity contribution in [3.05, 3.63) is 28.9 Å². The van der Waals surface area contributed by atoms with Gasteiger partial charge in [0.15, 0.2) is 0 Å². The molecule has 1 aromatic heterocycles. The molecule has 0 bridgehead atoms. The van der Waals surface area contributed by atoms with Crippen molar-refractivity contribution in [3.63, 3.8) is 0 Å². The fourth-order valence-electron chi connectivity index (χ4n) is 1.98. The Hall–Kier alpha value is -1.66. The molecule has 0 saturated heterocycles. The number of thiophene rings is 1. The average molecular weight is 309 g/mol. The summed E-state index contributed by atoms with van der Waals surface area (Å²) >= 11 is 1.22. The summed E-state index contributed by atoms with van der Waals surface area (Å²) in [5, 5.41) is 3.17. The third kappa shape index (κ3) is 3.33. The maximum atomic E-state index is 13.8. The minimum atomic E-state index is -0.389. The molecule has 0 unspecified atom stereocenters. The first-order valence-corrected chi connectivity index (χ1v) is 7.68. The van der Waals surface area contributed by atoms with Gasteiger partial charge in [0.2, 0.25) is 0 Å². The summed E-state index contributed by atoms with van der Waals surface area (Å²) in [4.78, 5) is 14.7. The van der Waals surface area contributed by atoms with Crippen LogP contribution in [-0.2, 0) is 0 Å². The molecule has 1 heterocycles. The van der Waals surface area contributed by atoms with Crippen LogP contribution in [-0.4, -0.2) is 37.0 Å². The fourth-order valence-corrected chi connectivity index (χ4v) is 3.04. The molecule has 2 aromatic rings. The van der Waals surface area contributed by atoms with Crippen LogP contribution in [0.4, 0.5) is 10.1 Å². The largest absolute Gasteiger partial charge is 0.397 e. The monoisotopic (exact) mass is 309 g/mol. The van der Waals surface area contributed by atoms with Crippen LogP contribution in [0, 0.1) is 5.82 Å². The van der Waals surface area contributed by atoms with Gasteiger partial charge in [-0.3, -0.25) is 4.79 Å². The number of nitrogens with one attached hydrogen (secondary N) is 1. The normalized spacial score (nSPS) is 11.5. The zero-order valence-electron chi connectivity index (χ0n) is 12.4. The third-order valence-corrected chi connectivity index (χ3v) is 4.71. The lowest BCUT2D eigenvalue weighted by Crippen LogP contribution is -2.36. The Balaban J connectivity index is 2.10. The second kappa shape index (κ2) is 6.41. The standard InChI is InChI=1S/C15H20FN3OS/c1-9(2)19(3)8-7-18-15(20)14-13(17)12-10(16)5-4-6-11(12)21-14/h4-6,9H,7-8,17H2,1-3H3,(H,18,20). The number of carbonyl (C=O) groups is 1. The molecular formula is C15H20FN3OS. The Morgan fingerprint density at radius 1 is 1.48 bits per heavy atom. The first-order valence-electron chi connectivity index (χ1n) is 6.86. The van der Waals surface area contributed by atoms with Gasteiger partial charge in [0.1, 0.15) is 10.7 Å². The number of hydrogen-bond donors (Lipinski definition) is 2. The highest BCUT2D eigenvalue weighted by molar-refractivity contribution is 7.21. The van der Waals surface area contributed by atoms with E-state index >= 15 is 0 Å². The molecule has 0 aliphatic rings. The Morgan fingerprint density at radius 3 is 2.81 bits per heavy atom. The van der Waals surface area contributed by atoms with Crippen LogP contribution in [0.5, 0.6) is 0 Å².